The Kier molecular flexibility index (Phi) is 3.47. The number of nitrogens with zero attached hydrogens (tertiary/aromatic N) is 2. The quantitative estimate of drug-likeness (QED) is 0.946. The first kappa shape index (κ1) is 12.1. The summed E-state index contributed by atoms with van der Waals surface area (Å²) < 4.78 is 2.35. The van der Waals surface area contributed by atoms with Crippen LogP contribution in [-0.2, 0) is 6.42 Å². The average molecular weight is 296 g/mol. The van der Waals surface area contributed by atoms with Gasteiger partial charge in [-0.2, -0.15) is 0 Å². The summed E-state index contributed by atoms with van der Waals surface area (Å²) in [5.41, 5.74) is 0.866. The van der Waals surface area contributed by atoms with E-state index < -0.39 is 0 Å². The summed E-state index contributed by atoms with van der Waals surface area (Å²) in [4.78, 5) is 16.0. The van der Waals surface area contributed by atoms with Gasteiger partial charge < -0.3 is 0 Å². The summed E-state index contributed by atoms with van der Waals surface area (Å²) in [6, 6.07) is 5.28. The molecule has 0 amide bonds. The topological polar surface area (TPSA) is 50.7 Å². The molecule has 90 valence electrons. The first-order chi connectivity index (χ1) is 8.06. The van der Waals surface area contributed by atoms with Crippen molar-refractivity contribution >= 4 is 15.9 Å². The van der Waals surface area contributed by atoms with Crippen molar-refractivity contribution in [2.45, 2.75) is 20.3 Å². The first-order valence-corrected chi connectivity index (χ1v) is 6.28. The summed E-state index contributed by atoms with van der Waals surface area (Å²) in [6.45, 7) is 4.24. The molecular weight excluding hydrogens is 282 g/mol. The highest BCUT2D eigenvalue weighted by Gasteiger charge is 2.07. The van der Waals surface area contributed by atoms with Crippen LogP contribution in [0, 0.1) is 5.92 Å². The van der Waals surface area contributed by atoms with Crippen molar-refractivity contribution < 1.29 is 0 Å². The molecule has 0 aliphatic heterocycles. The van der Waals surface area contributed by atoms with Gasteiger partial charge in [0.25, 0.3) is 5.56 Å². The fourth-order valence-electron chi connectivity index (χ4n) is 1.66. The second kappa shape index (κ2) is 4.87. The van der Waals surface area contributed by atoms with E-state index in [2.05, 4.69) is 39.9 Å². The van der Waals surface area contributed by atoms with Gasteiger partial charge in [-0.15, -0.1) is 0 Å². The van der Waals surface area contributed by atoms with Gasteiger partial charge in [0.1, 0.15) is 0 Å². The maximum atomic E-state index is 11.8. The van der Waals surface area contributed by atoms with Crippen LogP contribution < -0.4 is 5.56 Å². The molecule has 0 saturated carbocycles. The van der Waals surface area contributed by atoms with E-state index in [1.165, 1.54) is 4.68 Å². The van der Waals surface area contributed by atoms with Crippen LogP contribution in [0.15, 0.2) is 33.7 Å². The molecule has 0 bridgehead atoms. The van der Waals surface area contributed by atoms with E-state index in [0.29, 0.717) is 11.7 Å². The second-order valence-corrected chi connectivity index (χ2v) is 5.30. The highest BCUT2D eigenvalue weighted by Crippen LogP contribution is 2.10. The molecule has 2 rings (SSSR count). The van der Waals surface area contributed by atoms with Crippen molar-refractivity contribution in [1.29, 1.82) is 0 Å². The number of pyridine rings is 1. The number of hydrogen-bond acceptors (Lipinski definition) is 2. The maximum absolute atomic E-state index is 11.8. The Bertz CT molecular complexity index is 554. The summed E-state index contributed by atoms with van der Waals surface area (Å²) in [5.74, 6) is 1.12. The Labute approximate surface area is 108 Å². The highest BCUT2D eigenvalue weighted by molar-refractivity contribution is 9.10. The number of H-pyrrole nitrogens is 1. The van der Waals surface area contributed by atoms with Gasteiger partial charge in [-0.25, -0.2) is 9.67 Å². The third kappa shape index (κ3) is 2.85. The van der Waals surface area contributed by atoms with Crippen molar-refractivity contribution in [3.05, 3.63) is 44.9 Å². The molecule has 4 nitrogen and oxygen atoms in total. The molecule has 0 saturated heterocycles. The van der Waals surface area contributed by atoms with Crippen LogP contribution in [0.4, 0.5) is 0 Å². The number of rotatable bonds is 3. The zero-order valence-corrected chi connectivity index (χ0v) is 11.4. The number of aromatic nitrogens is 3. The lowest BCUT2D eigenvalue weighted by Crippen LogP contribution is -2.14. The van der Waals surface area contributed by atoms with Gasteiger partial charge in [0.2, 0.25) is 0 Å². The molecule has 5 heteroatoms. The second-order valence-electron chi connectivity index (χ2n) is 4.39. The lowest BCUT2D eigenvalue weighted by Gasteiger charge is -2.02. The van der Waals surface area contributed by atoms with Crippen LogP contribution in [-0.4, -0.2) is 14.8 Å². The fourth-order valence-corrected chi connectivity index (χ4v) is 1.89. The van der Waals surface area contributed by atoms with Crippen LogP contribution in [0.5, 0.6) is 0 Å². The minimum absolute atomic E-state index is 0.0736. The summed E-state index contributed by atoms with van der Waals surface area (Å²) in [7, 11) is 0. The highest BCUT2D eigenvalue weighted by atomic mass is 79.9. The standard InChI is InChI=1S/C12H14BrN3O/c1-8(2)5-10-6-12(17)16(15-10)11-4-3-9(13)7-14-11/h3-4,6-8,15H,5H2,1-2H3. The van der Waals surface area contributed by atoms with Crippen molar-refractivity contribution in [3.63, 3.8) is 0 Å². The number of halogens is 1. The van der Waals surface area contributed by atoms with Gasteiger partial charge in [0, 0.05) is 22.4 Å². The van der Waals surface area contributed by atoms with Crippen LogP contribution in [0.25, 0.3) is 5.82 Å². The number of nitrogens with one attached hydrogen (secondary N) is 1. The van der Waals surface area contributed by atoms with Gasteiger partial charge in [0.15, 0.2) is 5.82 Å². The third-order valence-electron chi connectivity index (χ3n) is 2.34. The predicted molar refractivity (Wildman–Crippen MR) is 70.4 cm³/mol. The molecule has 2 aromatic rings. The SMILES string of the molecule is CC(C)Cc1cc(=O)n(-c2ccc(Br)cn2)[nH]1. The van der Waals surface area contributed by atoms with E-state index in [1.54, 1.807) is 18.3 Å². The zero-order valence-electron chi connectivity index (χ0n) is 9.77. The van der Waals surface area contributed by atoms with Crippen LogP contribution >= 0.6 is 15.9 Å². The average Bonchev–Trinajstić information content (AvgIpc) is 2.59. The van der Waals surface area contributed by atoms with Crippen LogP contribution in [0.3, 0.4) is 0 Å². The minimum atomic E-state index is -0.0736. The molecule has 2 aromatic heterocycles. The molecule has 0 spiro atoms. The Hall–Kier alpha value is -1.36. The van der Waals surface area contributed by atoms with Crippen LogP contribution in [0.2, 0.25) is 0 Å². The largest absolute Gasteiger partial charge is 0.294 e. The van der Waals surface area contributed by atoms with Crippen molar-refractivity contribution in [1.82, 2.24) is 14.8 Å². The Morgan fingerprint density at radius 2 is 2.24 bits per heavy atom. The van der Waals surface area contributed by atoms with Gasteiger partial charge >= 0.3 is 0 Å². The fraction of sp³-hybridized carbons (Fsp3) is 0.333. The monoisotopic (exact) mass is 295 g/mol. The van der Waals surface area contributed by atoms with Crippen LogP contribution in [0.1, 0.15) is 19.5 Å². The number of aromatic amines is 1. The van der Waals surface area contributed by atoms with Gasteiger partial charge in [-0.1, -0.05) is 13.8 Å². The van der Waals surface area contributed by atoms with Crippen molar-refractivity contribution in [3.8, 4) is 5.82 Å². The van der Waals surface area contributed by atoms with Gasteiger partial charge in [0.05, 0.1) is 0 Å². The molecule has 0 radical (unpaired) electrons. The van der Waals surface area contributed by atoms with Crippen molar-refractivity contribution in [2.75, 3.05) is 0 Å². The molecule has 0 aliphatic carbocycles. The van der Waals surface area contributed by atoms with Gasteiger partial charge in [-0.3, -0.25) is 9.89 Å². The number of hydrogen-bond donors (Lipinski definition) is 1. The maximum Gasteiger partial charge on any atom is 0.272 e. The molecule has 17 heavy (non-hydrogen) atoms. The van der Waals surface area contributed by atoms with E-state index >= 15 is 0 Å². The van der Waals surface area contributed by atoms with Crippen molar-refractivity contribution in [2.24, 2.45) is 5.92 Å². The van der Waals surface area contributed by atoms with E-state index in [1.807, 2.05) is 6.07 Å². The predicted octanol–water partition coefficient (Wildman–Crippen LogP) is 2.52. The Morgan fingerprint density at radius 3 is 2.82 bits per heavy atom. The van der Waals surface area contributed by atoms with Gasteiger partial charge in [-0.05, 0) is 40.4 Å². The first-order valence-electron chi connectivity index (χ1n) is 5.49. The summed E-state index contributed by atoms with van der Waals surface area (Å²) in [5, 5.41) is 3.07. The third-order valence-corrected chi connectivity index (χ3v) is 2.81. The molecule has 1 N–H and O–H groups in total. The Balaban J connectivity index is 2.36. The molecule has 0 fully saturated rings. The smallest absolute Gasteiger partial charge is 0.272 e. The molecule has 0 atom stereocenters. The van der Waals surface area contributed by atoms with E-state index in [-0.39, 0.29) is 5.56 Å². The molecular formula is C12H14BrN3O. The van der Waals surface area contributed by atoms with E-state index in [9.17, 15) is 4.79 Å². The summed E-state index contributed by atoms with van der Waals surface area (Å²) >= 11 is 3.31. The molecule has 0 aliphatic rings. The zero-order chi connectivity index (χ0) is 12.4. The molecule has 0 aromatic carbocycles. The lowest BCUT2D eigenvalue weighted by molar-refractivity contribution is 0.626. The minimum Gasteiger partial charge on any atom is -0.294 e. The lowest BCUT2D eigenvalue weighted by atomic mass is 10.1. The summed E-state index contributed by atoms with van der Waals surface area (Å²) in [6.07, 6.45) is 2.53. The molecule has 0 unspecified atom stereocenters. The normalized spacial score (nSPS) is 11.1. The Morgan fingerprint density at radius 1 is 1.47 bits per heavy atom. The molecule has 2 heterocycles. The van der Waals surface area contributed by atoms with E-state index in [4.69, 9.17) is 0 Å². The van der Waals surface area contributed by atoms with E-state index in [0.717, 1.165) is 16.6 Å².